The molecule has 0 atom stereocenters. The number of amides is 1. The Hall–Kier alpha value is -0.940. The lowest BCUT2D eigenvalue weighted by atomic mass is 10.5. The van der Waals surface area contributed by atoms with E-state index in [-0.39, 0.29) is 5.91 Å². The van der Waals surface area contributed by atoms with Gasteiger partial charge in [0, 0.05) is 12.3 Å². The van der Waals surface area contributed by atoms with E-state index in [1.807, 2.05) is 5.38 Å². The maximum absolute atomic E-state index is 10.3. The molecule has 0 aliphatic heterocycles. The summed E-state index contributed by atoms with van der Waals surface area (Å²) in [6.45, 7) is 1.71. The SMILES string of the molecule is CC(=O)NOCc1cscn1. The molecule has 1 aromatic rings. The first-order chi connectivity index (χ1) is 5.29. The van der Waals surface area contributed by atoms with Crippen molar-refractivity contribution >= 4 is 17.2 Å². The Balaban J connectivity index is 2.19. The number of aromatic nitrogens is 1. The van der Waals surface area contributed by atoms with Crippen LogP contribution in [0.3, 0.4) is 0 Å². The van der Waals surface area contributed by atoms with E-state index in [0.717, 1.165) is 5.69 Å². The summed E-state index contributed by atoms with van der Waals surface area (Å²) in [5, 5.41) is 1.86. The third-order valence-corrected chi connectivity index (χ3v) is 1.55. The molecule has 0 spiro atoms. The van der Waals surface area contributed by atoms with Gasteiger partial charge in [0.2, 0.25) is 5.91 Å². The number of carbonyl (C=O) groups is 1. The van der Waals surface area contributed by atoms with Crippen LogP contribution in [-0.2, 0) is 16.2 Å². The van der Waals surface area contributed by atoms with E-state index in [1.165, 1.54) is 18.3 Å². The second-order valence-electron chi connectivity index (χ2n) is 1.93. The van der Waals surface area contributed by atoms with Gasteiger partial charge < -0.3 is 0 Å². The zero-order valence-electron chi connectivity index (χ0n) is 6.03. The van der Waals surface area contributed by atoms with Crippen LogP contribution in [0.5, 0.6) is 0 Å². The van der Waals surface area contributed by atoms with E-state index in [9.17, 15) is 4.79 Å². The van der Waals surface area contributed by atoms with Crippen LogP contribution in [0.2, 0.25) is 0 Å². The predicted molar refractivity (Wildman–Crippen MR) is 40.7 cm³/mol. The zero-order chi connectivity index (χ0) is 8.10. The van der Waals surface area contributed by atoms with E-state index < -0.39 is 0 Å². The van der Waals surface area contributed by atoms with E-state index in [1.54, 1.807) is 5.51 Å². The van der Waals surface area contributed by atoms with Crippen LogP contribution in [0.15, 0.2) is 10.9 Å². The Morgan fingerprint density at radius 3 is 3.27 bits per heavy atom. The van der Waals surface area contributed by atoms with Gasteiger partial charge in [-0.3, -0.25) is 9.63 Å². The van der Waals surface area contributed by atoms with Crippen molar-refractivity contribution in [1.82, 2.24) is 10.5 Å². The summed E-state index contributed by atoms with van der Waals surface area (Å²) in [5.41, 5.74) is 4.75. The van der Waals surface area contributed by atoms with Crippen molar-refractivity contribution < 1.29 is 9.63 Å². The minimum Gasteiger partial charge on any atom is -0.273 e. The normalized spacial score (nSPS) is 9.55. The minimum absolute atomic E-state index is 0.208. The van der Waals surface area contributed by atoms with Crippen molar-refractivity contribution in [1.29, 1.82) is 0 Å². The van der Waals surface area contributed by atoms with Crippen molar-refractivity contribution in [3.8, 4) is 0 Å². The van der Waals surface area contributed by atoms with Gasteiger partial charge in [-0.25, -0.2) is 10.5 Å². The summed E-state index contributed by atoms with van der Waals surface area (Å²) in [7, 11) is 0. The molecule has 1 rings (SSSR count). The second kappa shape index (κ2) is 4.05. The molecule has 0 aromatic carbocycles. The molecule has 0 aliphatic carbocycles. The van der Waals surface area contributed by atoms with Crippen LogP contribution >= 0.6 is 11.3 Å². The van der Waals surface area contributed by atoms with E-state index in [0.29, 0.717) is 6.61 Å². The number of rotatable bonds is 3. The Morgan fingerprint density at radius 1 is 1.91 bits per heavy atom. The molecule has 0 fully saturated rings. The Labute approximate surface area is 68.2 Å². The topological polar surface area (TPSA) is 51.2 Å². The molecule has 5 heteroatoms. The molecule has 0 saturated carbocycles. The van der Waals surface area contributed by atoms with Crippen LogP contribution in [0.1, 0.15) is 12.6 Å². The number of nitrogens with one attached hydrogen (secondary N) is 1. The summed E-state index contributed by atoms with van der Waals surface area (Å²) in [4.78, 5) is 19.1. The standard InChI is InChI=1S/C6H8N2O2S/c1-5(9)8-10-2-6-3-11-4-7-6/h3-4H,2H2,1H3,(H,8,9). The Morgan fingerprint density at radius 2 is 2.73 bits per heavy atom. The van der Waals surface area contributed by atoms with Gasteiger partial charge in [-0.2, -0.15) is 0 Å². The molecule has 0 unspecified atom stereocenters. The summed E-state index contributed by atoms with van der Waals surface area (Å²) < 4.78 is 0. The molecule has 1 N–H and O–H groups in total. The van der Waals surface area contributed by atoms with Crippen LogP contribution < -0.4 is 5.48 Å². The number of hydrogen-bond donors (Lipinski definition) is 1. The number of thiazole rings is 1. The highest BCUT2D eigenvalue weighted by molar-refractivity contribution is 7.07. The van der Waals surface area contributed by atoms with Gasteiger partial charge in [-0.15, -0.1) is 11.3 Å². The molecule has 1 amide bonds. The van der Waals surface area contributed by atoms with Gasteiger partial charge in [0.15, 0.2) is 0 Å². The van der Waals surface area contributed by atoms with Gasteiger partial charge in [0.1, 0.15) is 6.61 Å². The maximum Gasteiger partial charge on any atom is 0.240 e. The van der Waals surface area contributed by atoms with Gasteiger partial charge in [-0.05, 0) is 0 Å². The molecule has 0 bridgehead atoms. The summed E-state index contributed by atoms with van der Waals surface area (Å²) in [5.74, 6) is -0.208. The van der Waals surface area contributed by atoms with E-state index in [4.69, 9.17) is 4.84 Å². The fourth-order valence-electron chi connectivity index (χ4n) is 0.520. The van der Waals surface area contributed by atoms with Crippen molar-refractivity contribution in [3.63, 3.8) is 0 Å². The summed E-state index contributed by atoms with van der Waals surface area (Å²) >= 11 is 1.49. The number of hydroxylamine groups is 1. The lowest BCUT2D eigenvalue weighted by Crippen LogP contribution is -2.19. The molecule has 0 radical (unpaired) electrons. The molecule has 1 aromatic heterocycles. The lowest BCUT2D eigenvalue weighted by Gasteiger charge is -1.98. The molecular weight excluding hydrogens is 164 g/mol. The Kier molecular flexibility index (Phi) is 3.00. The number of hydrogen-bond acceptors (Lipinski definition) is 4. The molecule has 60 valence electrons. The summed E-state index contributed by atoms with van der Waals surface area (Å²) in [6.07, 6.45) is 0. The average Bonchev–Trinajstić information content (AvgIpc) is 2.39. The van der Waals surface area contributed by atoms with E-state index >= 15 is 0 Å². The lowest BCUT2D eigenvalue weighted by molar-refractivity contribution is -0.132. The third kappa shape index (κ3) is 3.10. The molecule has 0 aliphatic rings. The van der Waals surface area contributed by atoms with Crippen molar-refractivity contribution in [2.24, 2.45) is 0 Å². The first kappa shape index (κ1) is 8.16. The molecule has 0 saturated heterocycles. The second-order valence-corrected chi connectivity index (χ2v) is 2.65. The molecule has 1 heterocycles. The largest absolute Gasteiger partial charge is 0.273 e. The smallest absolute Gasteiger partial charge is 0.240 e. The zero-order valence-corrected chi connectivity index (χ0v) is 6.85. The van der Waals surface area contributed by atoms with Gasteiger partial charge in [0.05, 0.1) is 11.2 Å². The van der Waals surface area contributed by atoms with Crippen molar-refractivity contribution in [3.05, 3.63) is 16.6 Å². The first-order valence-corrected chi connectivity index (χ1v) is 3.99. The fourth-order valence-corrected chi connectivity index (χ4v) is 1.06. The molecule has 4 nitrogen and oxygen atoms in total. The van der Waals surface area contributed by atoms with Crippen LogP contribution in [0.4, 0.5) is 0 Å². The monoisotopic (exact) mass is 172 g/mol. The van der Waals surface area contributed by atoms with E-state index in [2.05, 4.69) is 10.5 Å². The van der Waals surface area contributed by atoms with Crippen molar-refractivity contribution in [2.75, 3.05) is 0 Å². The third-order valence-electron chi connectivity index (χ3n) is 0.919. The average molecular weight is 172 g/mol. The number of nitrogens with zero attached hydrogens (tertiary/aromatic N) is 1. The highest BCUT2D eigenvalue weighted by Crippen LogP contribution is 2.00. The Bertz CT molecular complexity index is 222. The maximum atomic E-state index is 10.3. The van der Waals surface area contributed by atoms with Gasteiger partial charge in [-0.1, -0.05) is 0 Å². The van der Waals surface area contributed by atoms with Gasteiger partial charge >= 0.3 is 0 Å². The van der Waals surface area contributed by atoms with Crippen LogP contribution in [-0.4, -0.2) is 10.9 Å². The van der Waals surface area contributed by atoms with Crippen LogP contribution in [0.25, 0.3) is 0 Å². The number of carbonyl (C=O) groups excluding carboxylic acids is 1. The molecule has 11 heavy (non-hydrogen) atoms. The predicted octanol–water partition coefficient (Wildman–Crippen LogP) is 0.711. The fraction of sp³-hybridized carbons (Fsp3) is 0.333. The highest BCUT2D eigenvalue weighted by Gasteiger charge is 1.94. The molecular formula is C6H8N2O2S. The van der Waals surface area contributed by atoms with Crippen molar-refractivity contribution in [2.45, 2.75) is 13.5 Å². The summed E-state index contributed by atoms with van der Waals surface area (Å²) in [6, 6.07) is 0. The first-order valence-electron chi connectivity index (χ1n) is 3.04. The highest BCUT2D eigenvalue weighted by atomic mass is 32.1. The van der Waals surface area contributed by atoms with Gasteiger partial charge in [0.25, 0.3) is 0 Å². The van der Waals surface area contributed by atoms with Crippen LogP contribution in [0, 0.1) is 0 Å². The quantitative estimate of drug-likeness (QED) is 0.683. The minimum atomic E-state index is -0.208.